The SMILES string of the molecule is CCCCCCCC/C=C/C/C=C/CCCCC(=O)OC[C@H](COP(=O)([O-])OCC[N+](C)(C)C)OC(=O)CCCCCCCCCCCCCCC. The second-order valence-electron chi connectivity index (χ2n) is 15.4. The number of rotatable bonds is 38. The first-order valence-corrected chi connectivity index (χ1v) is 22.5. The predicted octanol–water partition coefficient (Wildman–Crippen LogP) is 10.9. The largest absolute Gasteiger partial charge is 0.756 e. The molecule has 10 heteroatoms. The summed E-state index contributed by atoms with van der Waals surface area (Å²) in [5.41, 5.74) is 0. The Hall–Kier alpha value is -1.51. The van der Waals surface area contributed by atoms with Crippen molar-refractivity contribution in [3.63, 3.8) is 0 Å². The summed E-state index contributed by atoms with van der Waals surface area (Å²) in [6.07, 6.45) is 36.3. The first kappa shape index (κ1) is 50.5. The van der Waals surface area contributed by atoms with Crippen LogP contribution in [-0.4, -0.2) is 70.0 Å². The third-order valence-corrected chi connectivity index (χ3v) is 9.94. The number of ether oxygens (including phenoxy) is 2. The molecule has 0 aromatic heterocycles. The molecule has 0 radical (unpaired) electrons. The minimum atomic E-state index is -4.62. The third kappa shape index (κ3) is 38.2. The zero-order valence-corrected chi connectivity index (χ0v) is 35.2. The van der Waals surface area contributed by atoms with Gasteiger partial charge in [-0.2, -0.15) is 0 Å². The van der Waals surface area contributed by atoms with Crippen LogP contribution in [0.5, 0.6) is 0 Å². The van der Waals surface area contributed by atoms with Crippen LogP contribution < -0.4 is 4.89 Å². The summed E-state index contributed by atoms with van der Waals surface area (Å²) in [5, 5.41) is 0. The Morgan fingerprint density at radius 1 is 0.596 bits per heavy atom. The molecule has 0 fully saturated rings. The quantitative estimate of drug-likeness (QED) is 0.0201. The lowest BCUT2D eigenvalue weighted by atomic mass is 10.0. The number of hydrogen-bond donors (Lipinski definition) is 0. The Balaban J connectivity index is 4.43. The van der Waals surface area contributed by atoms with Crippen LogP contribution in [0.15, 0.2) is 24.3 Å². The van der Waals surface area contributed by atoms with Crippen molar-refractivity contribution in [2.45, 2.75) is 187 Å². The molecule has 0 heterocycles. The number of unbranched alkanes of at least 4 members (excludes halogenated alkanes) is 20. The van der Waals surface area contributed by atoms with Gasteiger partial charge in [-0.1, -0.05) is 147 Å². The number of hydrogen-bond acceptors (Lipinski definition) is 8. The maximum absolute atomic E-state index is 12.6. The van der Waals surface area contributed by atoms with Gasteiger partial charge in [0.05, 0.1) is 27.7 Å². The predicted molar refractivity (Wildman–Crippen MR) is 213 cm³/mol. The number of quaternary nitrogens is 1. The monoisotopic (exact) mass is 758 g/mol. The standard InChI is InChI=1S/C42H80NO8P/c1-6-8-10-12-14-16-18-20-21-23-24-26-28-30-32-34-41(44)48-38-40(39-50-52(46,47)49-37-36-43(3,4)5)51-42(45)35-33-31-29-27-25-22-19-17-15-13-11-9-7-2/h20-21,24,26,40H,6-19,22-23,25,27-39H2,1-5H3/b21-20+,26-24+/t40-/m1/s1. The molecule has 0 aliphatic carbocycles. The Morgan fingerprint density at radius 2 is 1.04 bits per heavy atom. The fraction of sp³-hybridized carbons (Fsp3) is 0.857. The van der Waals surface area contributed by atoms with E-state index in [0.29, 0.717) is 23.9 Å². The van der Waals surface area contributed by atoms with Crippen molar-refractivity contribution in [1.82, 2.24) is 0 Å². The van der Waals surface area contributed by atoms with Gasteiger partial charge in [0, 0.05) is 12.8 Å². The minimum Gasteiger partial charge on any atom is -0.756 e. The summed E-state index contributed by atoms with van der Waals surface area (Å²) in [6.45, 7) is 4.18. The molecule has 1 unspecified atom stereocenters. The molecule has 0 spiro atoms. The van der Waals surface area contributed by atoms with Gasteiger partial charge in [-0.15, -0.1) is 0 Å². The first-order valence-electron chi connectivity index (χ1n) is 21.0. The number of nitrogens with zero attached hydrogens (tertiary/aromatic N) is 1. The van der Waals surface area contributed by atoms with Crippen LogP contribution in [0.2, 0.25) is 0 Å². The molecule has 0 N–H and O–H groups in total. The van der Waals surface area contributed by atoms with Gasteiger partial charge >= 0.3 is 11.9 Å². The smallest absolute Gasteiger partial charge is 0.306 e. The van der Waals surface area contributed by atoms with E-state index in [-0.39, 0.29) is 26.1 Å². The zero-order valence-electron chi connectivity index (χ0n) is 34.3. The van der Waals surface area contributed by atoms with Crippen LogP contribution >= 0.6 is 7.82 Å². The number of allylic oxidation sites excluding steroid dienone is 4. The maximum atomic E-state index is 12.6. The highest BCUT2D eigenvalue weighted by Gasteiger charge is 2.21. The van der Waals surface area contributed by atoms with Gasteiger partial charge in [-0.3, -0.25) is 14.2 Å². The second-order valence-corrected chi connectivity index (χ2v) is 16.8. The molecule has 2 atom stereocenters. The summed E-state index contributed by atoms with van der Waals surface area (Å²) in [5.74, 6) is -0.868. The van der Waals surface area contributed by atoms with Crippen LogP contribution in [0.3, 0.4) is 0 Å². The van der Waals surface area contributed by atoms with E-state index in [1.807, 2.05) is 21.1 Å². The Morgan fingerprint density at radius 3 is 1.56 bits per heavy atom. The zero-order chi connectivity index (χ0) is 38.6. The topological polar surface area (TPSA) is 111 Å². The van der Waals surface area contributed by atoms with Gasteiger partial charge in [-0.05, 0) is 44.9 Å². The molecule has 0 bridgehead atoms. The molecule has 306 valence electrons. The highest BCUT2D eigenvalue weighted by Crippen LogP contribution is 2.38. The van der Waals surface area contributed by atoms with Crippen LogP contribution in [0.1, 0.15) is 181 Å². The Bertz CT molecular complexity index is 949. The third-order valence-electron chi connectivity index (χ3n) is 8.97. The summed E-state index contributed by atoms with van der Waals surface area (Å²) < 4.78 is 33.8. The average Bonchev–Trinajstić information content (AvgIpc) is 3.09. The molecule has 0 aliphatic heterocycles. The molecule has 9 nitrogen and oxygen atoms in total. The van der Waals surface area contributed by atoms with Gasteiger partial charge in [-0.25, -0.2) is 0 Å². The maximum Gasteiger partial charge on any atom is 0.306 e. The van der Waals surface area contributed by atoms with E-state index in [4.69, 9.17) is 18.5 Å². The number of phosphoric acid groups is 1. The highest BCUT2D eigenvalue weighted by molar-refractivity contribution is 7.45. The first-order chi connectivity index (χ1) is 25.0. The second kappa shape index (κ2) is 35.2. The number of carbonyl (C=O) groups is 2. The average molecular weight is 758 g/mol. The fourth-order valence-corrected chi connectivity index (χ4v) is 6.35. The normalized spacial score (nSPS) is 13.9. The lowest BCUT2D eigenvalue weighted by Crippen LogP contribution is -2.37. The van der Waals surface area contributed by atoms with E-state index in [1.54, 1.807) is 0 Å². The van der Waals surface area contributed by atoms with E-state index >= 15 is 0 Å². The van der Waals surface area contributed by atoms with Crippen LogP contribution in [-0.2, 0) is 32.7 Å². The van der Waals surface area contributed by atoms with E-state index in [2.05, 4.69) is 38.2 Å². The van der Waals surface area contributed by atoms with Gasteiger partial charge in [0.2, 0.25) is 0 Å². The summed E-state index contributed by atoms with van der Waals surface area (Å²) in [7, 11) is 1.15. The van der Waals surface area contributed by atoms with Crippen LogP contribution in [0.25, 0.3) is 0 Å². The van der Waals surface area contributed by atoms with E-state index in [9.17, 15) is 19.0 Å². The van der Waals surface area contributed by atoms with E-state index in [0.717, 1.165) is 44.9 Å². The number of carbonyl (C=O) groups excluding carboxylic acids is 2. The molecule has 0 saturated heterocycles. The molecule has 0 amide bonds. The summed E-state index contributed by atoms with van der Waals surface area (Å²) in [6, 6.07) is 0. The van der Waals surface area contributed by atoms with Gasteiger partial charge < -0.3 is 27.9 Å². The molecule has 0 rings (SSSR count). The molecule has 0 aromatic rings. The molecular weight excluding hydrogens is 677 g/mol. The van der Waals surface area contributed by atoms with Gasteiger partial charge in [0.1, 0.15) is 19.8 Å². The van der Waals surface area contributed by atoms with Gasteiger partial charge in [0.15, 0.2) is 6.10 Å². The van der Waals surface area contributed by atoms with Crippen molar-refractivity contribution in [3.8, 4) is 0 Å². The lowest BCUT2D eigenvalue weighted by molar-refractivity contribution is -0.870. The summed E-state index contributed by atoms with van der Waals surface area (Å²) >= 11 is 0. The van der Waals surface area contributed by atoms with Crippen LogP contribution in [0.4, 0.5) is 0 Å². The fourth-order valence-electron chi connectivity index (χ4n) is 5.63. The van der Waals surface area contributed by atoms with Crippen molar-refractivity contribution in [3.05, 3.63) is 24.3 Å². The Labute approximate surface area is 319 Å². The number of esters is 2. The number of phosphoric ester groups is 1. The van der Waals surface area contributed by atoms with Crippen LogP contribution in [0, 0.1) is 0 Å². The molecular formula is C42H80NO8P. The van der Waals surface area contributed by atoms with Crippen molar-refractivity contribution in [2.24, 2.45) is 0 Å². The Kier molecular flexibility index (Phi) is 34.2. The minimum absolute atomic E-state index is 0.0338. The number of likely N-dealkylation sites (N-methyl/N-ethyl adjacent to an activating group) is 1. The van der Waals surface area contributed by atoms with Gasteiger partial charge in [0.25, 0.3) is 7.82 Å². The van der Waals surface area contributed by atoms with Crippen molar-refractivity contribution < 1.29 is 42.1 Å². The van der Waals surface area contributed by atoms with Crippen molar-refractivity contribution >= 4 is 19.8 Å². The summed E-state index contributed by atoms with van der Waals surface area (Å²) in [4.78, 5) is 37.4. The van der Waals surface area contributed by atoms with E-state index < -0.39 is 32.5 Å². The molecule has 0 aromatic carbocycles. The molecule has 0 aliphatic rings. The van der Waals surface area contributed by atoms with Crippen molar-refractivity contribution in [1.29, 1.82) is 0 Å². The molecule has 0 saturated carbocycles. The lowest BCUT2D eigenvalue weighted by Gasteiger charge is -2.28. The van der Waals surface area contributed by atoms with Crippen molar-refractivity contribution in [2.75, 3.05) is 47.5 Å². The van der Waals surface area contributed by atoms with E-state index in [1.165, 1.54) is 96.3 Å². The highest BCUT2D eigenvalue weighted by atomic mass is 31.2. The molecule has 52 heavy (non-hydrogen) atoms.